The van der Waals surface area contributed by atoms with E-state index in [0.717, 1.165) is 0 Å². The van der Waals surface area contributed by atoms with Gasteiger partial charge in [-0.2, -0.15) is 0 Å². The van der Waals surface area contributed by atoms with E-state index in [4.69, 9.17) is 4.74 Å². The van der Waals surface area contributed by atoms with Gasteiger partial charge in [-0.3, -0.25) is 9.59 Å². The Balaban J connectivity index is 2.90. The number of aromatic hydroxyl groups is 1. The number of amides is 1. The first kappa shape index (κ1) is 14.6. The first-order valence-corrected chi connectivity index (χ1v) is 5.68. The normalized spacial score (nSPS) is 9.16. The lowest BCUT2D eigenvalue weighted by atomic mass is 10.1. The minimum atomic E-state index is -0.154. The Hall–Kier alpha value is -2.48. The van der Waals surface area contributed by atoms with Gasteiger partial charge in [-0.15, -0.1) is 0 Å². The summed E-state index contributed by atoms with van der Waals surface area (Å²) in [6.07, 6.45) is 1.05. The molecule has 0 saturated heterocycles. The molecule has 0 atom stereocenters. The molecule has 0 spiro atoms. The summed E-state index contributed by atoms with van der Waals surface area (Å²) in [6, 6.07) is 3.03. The molecule has 0 bridgehead atoms. The maximum absolute atomic E-state index is 10.9. The van der Waals surface area contributed by atoms with Crippen LogP contribution in [0, 0.1) is 11.8 Å². The van der Waals surface area contributed by atoms with Gasteiger partial charge in [0, 0.05) is 25.5 Å². The second-order valence-electron chi connectivity index (χ2n) is 3.73. The van der Waals surface area contributed by atoms with Crippen LogP contribution in [0.3, 0.4) is 0 Å². The first-order valence-electron chi connectivity index (χ1n) is 5.68. The summed E-state index contributed by atoms with van der Waals surface area (Å²) in [5.74, 6) is 5.49. The number of carbonyl (C=O) groups is 2. The summed E-state index contributed by atoms with van der Waals surface area (Å²) in [4.78, 5) is 21.5. The van der Waals surface area contributed by atoms with E-state index < -0.39 is 0 Å². The molecule has 1 aromatic carbocycles. The number of rotatable bonds is 4. The van der Waals surface area contributed by atoms with Gasteiger partial charge in [-0.25, -0.2) is 0 Å². The molecule has 1 aromatic rings. The smallest absolute Gasteiger partial charge is 0.216 e. The molecule has 19 heavy (non-hydrogen) atoms. The maximum Gasteiger partial charge on any atom is 0.216 e. The van der Waals surface area contributed by atoms with Crippen molar-refractivity contribution in [2.75, 3.05) is 13.7 Å². The van der Waals surface area contributed by atoms with Crippen LogP contribution in [0.2, 0.25) is 0 Å². The molecular formula is C14H15NO4. The highest BCUT2D eigenvalue weighted by Gasteiger charge is 2.10. The number of methoxy groups -OCH3 is 1. The van der Waals surface area contributed by atoms with Gasteiger partial charge in [-0.1, -0.05) is 11.8 Å². The highest BCUT2D eigenvalue weighted by Crippen LogP contribution is 2.30. The van der Waals surface area contributed by atoms with Crippen LogP contribution in [-0.2, 0) is 4.79 Å². The number of hydrogen-bond acceptors (Lipinski definition) is 4. The molecule has 100 valence electrons. The second-order valence-corrected chi connectivity index (χ2v) is 3.73. The van der Waals surface area contributed by atoms with Gasteiger partial charge in [-0.05, 0) is 12.1 Å². The van der Waals surface area contributed by atoms with Crippen molar-refractivity contribution in [3.63, 3.8) is 0 Å². The number of aldehydes is 1. The minimum absolute atomic E-state index is 0.125. The number of benzene rings is 1. The number of carbonyl (C=O) groups excluding carboxylic acids is 2. The molecule has 0 aromatic heterocycles. The number of phenolic OH excluding ortho intramolecular Hbond substituents is 1. The molecule has 0 aliphatic carbocycles. The van der Waals surface area contributed by atoms with E-state index in [9.17, 15) is 14.7 Å². The van der Waals surface area contributed by atoms with Crippen molar-refractivity contribution in [3.8, 4) is 23.3 Å². The Morgan fingerprint density at radius 1 is 1.53 bits per heavy atom. The number of phenols is 1. The summed E-state index contributed by atoms with van der Waals surface area (Å²) in [6.45, 7) is 1.84. The van der Waals surface area contributed by atoms with E-state index in [0.29, 0.717) is 24.8 Å². The lowest BCUT2D eigenvalue weighted by Crippen LogP contribution is -2.20. The molecule has 5 heteroatoms. The van der Waals surface area contributed by atoms with Crippen molar-refractivity contribution in [3.05, 3.63) is 23.3 Å². The van der Waals surface area contributed by atoms with Crippen LogP contribution in [0.1, 0.15) is 29.3 Å². The van der Waals surface area contributed by atoms with E-state index in [1.165, 1.54) is 26.2 Å². The summed E-state index contributed by atoms with van der Waals surface area (Å²) in [5.41, 5.74) is 0.530. The van der Waals surface area contributed by atoms with Crippen LogP contribution in [-0.4, -0.2) is 31.0 Å². The third-order valence-corrected chi connectivity index (χ3v) is 2.36. The SMILES string of the molecule is COc1ccc(C=O)c(C#CCCNC(C)=O)c1O. The van der Waals surface area contributed by atoms with Crippen LogP contribution in [0.15, 0.2) is 12.1 Å². The fourth-order valence-corrected chi connectivity index (χ4v) is 1.43. The van der Waals surface area contributed by atoms with Crippen molar-refractivity contribution in [1.29, 1.82) is 0 Å². The summed E-state index contributed by atoms with van der Waals surface area (Å²) < 4.78 is 4.95. The van der Waals surface area contributed by atoms with Crippen LogP contribution < -0.4 is 10.1 Å². The molecule has 0 heterocycles. The topological polar surface area (TPSA) is 75.6 Å². The standard InChI is InChI=1S/C14H15NO4/c1-10(17)15-8-4-3-5-12-11(9-16)6-7-13(19-2)14(12)18/h6-7,9,18H,4,8H2,1-2H3,(H,15,17). The fourth-order valence-electron chi connectivity index (χ4n) is 1.43. The molecule has 2 N–H and O–H groups in total. The molecule has 0 aliphatic heterocycles. The molecule has 0 fully saturated rings. The second kappa shape index (κ2) is 7.07. The van der Waals surface area contributed by atoms with E-state index in [2.05, 4.69) is 17.2 Å². The number of ether oxygens (including phenoxy) is 1. The quantitative estimate of drug-likeness (QED) is 0.483. The van der Waals surface area contributed by atoms with E-state index >= 15 is 0 Å². The largest absolute Gasteiger partial charge is 0.503 e. The third kappa shape index (κ3) is 4.03. The molecule has 1 rings (SSSR count). The average Bonchev–Trinajstić information content (AvgIpc) is 2.39. The third-order valence-electron chi connectivity index (χ3n) is 2.36. The van der Waals surface area contributed by atoms with Crippen LogP contribution >= 0.6 is 0 Å². The Bertz CT molecular complexity index is 540. The van der Waals surface area contributed by atoms with Crippen molar-refractivity contribution in [2.24, 2.45) is 0 Å². The lowest BCUT2D eigenvalue weighted by Gasteiger charge is -2.06. The zero-order valence-corrected chi connectivity index (χ0v) is 10.8. The molecule has 0 saturated carbocycles. The van der Waals surface area contributed by atoms with Crippen molar-refractivity contribution in [2.45, 2.75) is 13.3 Å². The highest BCUT2D eigenvalue weighted by atomic mass is 16.5. The van der Waals surface area contributed by atoms with Crippen LogP contribution in [0.5, 0.6) is 11.5 Å². The highest BCUT2D eigenvalue weighted by molar-refractivity contribution is 5.82. The zero-order chi connectivity index (χ0) is 14.3. The van der Waals surface area contributed by atoms with Crippen LogP contribution in [0.4, 0.5) is 0 Å². The van der Waals surface area contributed by atoms with E-state index in [1.807, 2.05) is 0 Å². The van der Waals surface area contributed by atoms with Crippen molar-refractivity contribution in [1.82, 2.24) is 5.32 Å². The molecule has 0 unspecified atom stereocenters. The number of hydrogen-bond donors (Lipinski definition) is 2. The molecule has 5 nitrogen and oxygen atoms in total. The molecular weight excluding hydrogens is 246 g/mol. The average molecular weight is 261 g/mol. The predicted molar refractivity (Wildman–Crippen MR) is 70.2 cm³/mol. The summed E-state index contributed by atoms with van der Waals surface area (Å²) in [5, 5.41) is 12.5. The van der Waals surface area contributed by atoms with Gasteiger partial charge in [0.1, 0.15) is 0 Å². The Morgan fingerprint density at radius 2 is 2.26 bits per heavy atom. The van der Waals surface area contributed by atoms with Gasteiger partial charge >= 0.3 is 0 Å². The first-order chi connectivity index (χ1) is 9.10. The van der Waals surface area contributed by atoms with E-state index in [-0.39, 0.29) is 23.0 Å². The lowest BCUT2D eigenvalue weighted by molar-refractivity contribution is -0.118. The van der Waals surface area contributed by atoms with Crippen LogP contribution in [0.25, 0.3) is 0 Å². The van der Waals surface area contributed by atoms with Gasteiger partial charge in [0.25, 0.3) is 0 Å². The molecule has 0 radical (unpaired) electrons. The summed E-state index contributed by atoms with van der Waals surface area (Å²) in [7, 11) is 1.42. The van der Waals surface area contributed by atoms with E-state index in [1.54, 1.807) is 0 Å². The Morgan fingerprint density at radius 3 is 2.84 bits per heavy atom. The monoisotopic (exact) mass is 261 g/mol. The number of nitrogens with one attached hydrogen (secondary N) is 1. The molecule has 1 amide bonds. The van der Waals surface area contributed by atoms with Crippen molar-refractivity contribution < 1.29 is 19.4 Å². The Labute approximate surface area is 111 Å². The summed E-state index contributed by atoms with van der Waals surface area (Å²) >= 11 is 0. The zero-order valence-electron chi connectivity index (χ0n) is 10.8. The maximum atomic E-state index is 10.9. The van der Waals surface area contributed by atoms with Gasteiger partial charge in [0.2, 0.25) is 5.91 Å². The van der Waals surface area contributed by atoms with Gasteiger partial charge in [0.05, 0.1) is 12.7 Å². The fraction of sp³-hybridized carbons (Fsp3) is 0.286. The predicted octanol–water partition coefficient (Wildman–Crippen LogP) is 1.09. The van der Waals surface area contributed by atoms with Gasteiger partial charge in [0.15, 0.2) is 17.8 Å². The Kier molecular flexibility index (Phi) is 5.42. The van der Waals surface area contributed by atoms with Gasteiger partial charge < -0.3 is 15.2 Å². The molecule has 0 aliphatic rings. The minimum Gasteiger partial charge on any atom is -0.503 e. The van der Waals surface area contributed by atoms with Crippen molar-refractivity contribution >= 4 is 12.2 Å².